The van der Waals surface area contributed by atoms with Gasteiger partial charge in [-0.05, 0) is 48.1 Å². The molecule has 0 spiro atoms. The predicted octanol–water partition coefficient (Wildman–Crippen LogP) is 2.73. The van der Waals surface area contributed by atoms with Gasteiger partial charge >= 0.3 is 0 Å². The van der Waals surface area contributed by atoms with Crippen LogP contribution in [0.15, 0.2) is 36.5 Å². The Labute approximate surface area is 107 Å². The third-order valence-electron chi connectivity index (χ3n) is 3.36. The van der Waals surface area contributed by atoms with Gasteiger partial charge in [0.25, 0.3) is 0 Å². The fourth-order valence-electron chi connectivity index (χ4n) is 2.40. The van der Waals surface area contributed by atoms with E-state index in [0.717, 1.165) is 0 Å². The van der Waals surface area contributed by atoms with Gasteiger partial charge in [0.2, 0.25) is 0 Å². The van der Waals surface area contributed by atoms with Gasteiger partial charge in [-0.1, -0.05) is 18.2 Å². The molecule has 0 aliphatic heterocycles. The molecule has 0 amide bonds. The minimum Gasteiger partial charge on any atom is -0.485 e. The highest BCUT2D eigenvalue weighted by Crippen LogP contribution is 2.24. The Morgan fingerprint density at radius 1 is 1.17 bits per heavy atom. The number of hydrogen-bond donors (Lipinski definition) is 1. The topological polar surface area (TPSA) is 48.1 Å². The molecule has 1 aromatic heterocycles. The molecule has 0 unspecified atom stereocenters. The zero-order valence-electron chi connectivity index (χ0n) is 10.2. The smallest absolute Gasteiger partial charge is 0.166 e. The van der Waals surface area contributed by atoms with Crippen LogP contribution in [0.5, 0.6) is 5.75 Å². The largest absolute Gasteiger partial charge is 0.485 e. The first-order valence-electron chi connectivity index (χ1n) is 6.27. The van der Waals surface area contributed by atoms with Crippen LogP contribution in [0.25, 0.3) is 0 Å². The summed E-state index contributed by atoms with van der Waals surface area (Å²) < 4.78 is 5.70. The SMILES string of the molecule is Nc1ncccc1OCc1ccc2c(c1)CCC2. The molecule has 3 nitrogen and oxygen atoms in total. The van der Waals surface area contributed by atoms with Gasteiger partial charge in [-0.25, -0.2) is 4.98 Å². The number of rotatable bonds is 3. The monoisotopic (exact) mass is 240 g/mol. The summed E-state index contributed by atoms with van der Waals surface area (Å²) in [6.45, 7) is 0.545. The molecule has 1 aliphatic rings. The molecular weight excluding hydrogens is 224 g/mol. The molecule has 3 rings (SSSR count). The number of nitrogens with zero attached hydrogens (tertiary/aromatic N) is 1. The molecule has 1 heterocycles. The zero-order chi connectivity index (χ0) is 12.4. The van der Waals surface area contributed by atoms with E-state index in [1.54, 1.807) is 6.20 Å². The van der Waals surface area contributed by atoms with Gasteiger partial charge in [0, 0.05) is 6.20 Å². The Balaban J connectivity index is 1.72. The van der Waals surface area contributed by atoms with Crippen LogP contribution in [0.4, 0.5) is 5.82 Å². The second-order valence-corrected chi connectivity index (χ2v) is 4.63. The van der Waals surface area contributed by atoms with Crippen molar-refractivity contribution in [3.8, 4) is 5.75 Å². The first-order chi connectivity index (χ1) is 8.83. The molecular formula is C15H16N2O. The number of nitrogen functional groups attached to an aromatic ring is 1. The first kappa shape index (κ1) is 11.1. The molecule has 0 bridgehead atoms. The third-order valence-corrected chi connectivity index (χ3v) is 3.36. The summed E-state index contributed by atoms with van der Waals surface area (Å²) in [4.78, 5) is 4.00. The summed E-state index contributed by atoms with van der Waals surface area (Å²) >= 11 is 0. The fraction of sp³-hybridized carbons (Fsp3) is 0.267. The maximum atomic E-state index is 5.74. The predicted molar refractivity (Wildman–Crippen MR) is 71.4 cm³/mol. The third kappa shape index (κ3) is 2.16. The van der Waals surface area contributed by atoms with Gasteiger partial charge in [0.15, 0.2) is 11.6 Å². The van der Waals surface area contributed by atoms with Crippen molar-refractivity contribution in [3.05, 3.63) is 53.2 Å². The zero-order valence-corrected chi connectivity index (χ0v) is 10.2. The van der Waals surface area contributed by atoms with Crippen LogP contribution >= 0.6 is 0 Å². The Kier molecular flexibility index (Phi) is 2.89. The van der Waals surface area contributed by atoms with Crippen LogP contribution < -0.4 is 10.5 Å². The Morgan fingerprint density at radius 2 is 2.06 bits per heavy atom. The van der Waals surface area contributed by atoms with Crippen LogP contribution in [-0.4, -0.2) is 4.98 Å². The van der Waals surface area contributed by atoms with Crippen molar-refractivity contribution in [2.45, 2.75) is 25.9 Å². The van der Waals surface area contributed by atoms with Gasteiger partial charge in [-0.2, -0.15) is 0 Å². The number of nitrogens with two attached hydrogens (primary N) is 1. The van der Waals surface area contributed by atoms with E-state index in [1.807, 2.05) is 12.1 Å². The van der Waals surface area contributed by atoms with Crippen molar-refractivity contribution in [2.24, 2.45) is 0 Å². The van der Waals surface area contributed by atoms with Gasteiger partial charge in [-0.15, -0.1) is 0 Å². The highest BCUT2D eigenvalue weighted by atomic mass is 16.5. The van der Waals surface area contributed by atoms with Gasteiger partial charge in [0.1, 0.15) is 6.61 Å². The summed E-state index contributed by atoms with van der Waals surface area (Å²) in [5.41, 5.74) is 9.89. The van der Waals surface area contributed by atoms with E-state index < -0.39 is 0 Å². The molecule has 3 heteroatoms. The van der Waals surface area contributed by atoms with E-state index >= 15 is 0 Å². The molecule has 2 N–H and O–H groups in total. The lowest BCUT2D eigenvalue weighted by atomic mass is 10.1. The van der Waals surface area contributed by atoms with E-state index in [4.69, 9.17) is 10.5 Å². The average molecular weight is 240 g/mol. The number of aromatic nitrogens is 1. The van der Waals surface area contributed by atoms with Crippen molar-refractivity contribution in [2.75, 3.05) is 5.73 Å². The standard InChI is InChI=1S/C15H16N2O/c16-15-14(5-2-8-17-15)18-10-11-6-7-12-3-1-4-13(12)9-11/h2,5-9H,1,3-4,10H2,(H2,16,17). The molecule has 0 atom stereocenters. The number of aryl methyl sites for hydroxylation is 2. The van der Waals surface area contributed by atoms with Crippen LogP contribution in [0, 0.1) is 0 Å². The molecule has 1 aliphatic carbocycles. The highest BCUT2D eigenvalue weighted by molar-refractivity contribution is 5.45. The van der Waals surface area contributed by atoms with Gasteiger partial charge in [0.05, 0.1) is 0 Å². The second kappa shape index (κ2) is 4.69. The number of hydrogen-bond acceptors (Lipinski definition) is 3. The summed E-state index contributed by atoms with van der Waals surface area (Å²) in [5, 5.41) is 0. The van der Waals surface area contributed by atoms with Gasteiger partial charge in [-0.3, -0.25) is 0 Å². The summed E-state index contributed by atoms with van der Waals surface area (Å²) in [5.74, 6) is 1.09. The highest BCUT2D eigenvalue weighted by Gasteiger charge is 2.11. The number of ether oxygens (including phenoxy) is 1. The molecule has 0 saturated carbocycles. The van der Waals surface area contributed by atoms with Crippen molar-refractivity contribution < 1.29 is 4.74 Å². The molecule has 0 saturated heterocycles. The lowest BCUT2D eigenvalue weighted by Gasteiger charge is -2.09. The van der Waals surface area contributed by atoms with Crippen molar-refractivity contribution in [1.29, 1.82) is 0 Å². The maximum absolute atomic E-state index is 5.74. The van der Waals surface area contributed by atoms with E-state index in [-0.39, 0.29) is 0 Å². The number of pyridine rings is 1. The molecule has 0 radical (unpaired) electrons. The summed E-state index contributed by atoms with van der Waals surface area (Å²) in [7, 11) is 0. The average Bonchev–Trinajstić information content (AvgIpc) is 2.85. The minimum absolute atomic E-state index is 0.443. The molecule has 1 aromatic carbocycles. The Hall–Kier alpha value is -2.03. The van der Waals surface area contributed by atoms with E-state index in [9.17, 15) is 0 Å². The second-order valence-electron chi connectivity index (χ2n) is 4.63. The quantitative estimate of drug-likeness (QED) is 0.897. The van der Waals surface area contributed by atoms with Crippen molar-refractivity contribution in [1.82, 2.24) is 4.98 Å². The van der Waals surface area contributed by atoms with E-state index in [0.29, 0.717) is 18.2 Å². The van der Waals surface area contributed by atoms with Crippen LogP contribution in [0.1, 0.15) is 23.1 Å². The molecule has 0 fully saturated rings. The number of fused-ring (bicyclic) bond motifs is 1. The summed E-state index contributed by atoms with van der Waals surface area (Å²) in [6, 6.07) is 10.3. The Bertz CT molecular complexity index is 566. The van der Waals surface area contributed by atoms with Crippen LogP contribution in [0.3, 0.4) is 0 Å². The number of anilines is 1. The molecule has 92 valence electrons. The minimum atomic E-state index is 0.443. The van der Waals surface area contributed by atoms with Crippen LogP contribution in [-0.2, 0) is 19.4 Å². The lowest BCUT2D eigenvalue weighted by Crippen LogP contribution is -2.00. The number of benzene rings is 1. The van der Waals surface area contributed by atoms with Crippen molar-refractivity contribution >= 4 is 5.82 Å². The fourth-order valence-corrected chi connectivity index (χ4v) is 2.40. The van der Waals surface area contributed by atoms with E-state index in [1.165, 1.54) is 36.0 Å². The molecule has 18 heavy (non-hydrogen) atoms. The van der Waals surface area contributed by atoms with Gasteiger partial charge < -0.3 is 10.5 Å². The van der Waals surface area contributed by atoms with E-state index in [2.05, 4.69) is 23.2 Å². The lowest BCUT2D eigenvalue weighted by molar-refractivity contribution is 0.307. The Morgan fingerprint density at radius 3 is 2.94 bits per heavy atom. The van der Waals surface area contributed by atoms with Crippen molar-refractivity contribution in [3.63, 3.8) is 0 Å². The first-order valence-corrected chi connectivity index (χ1v) is 6.27. The maximum Gasteiger partial charge on any atom is 0.166 e. The summed E-state index contributed by atoms with van der Waals surface area (Å²) in [6.07, 6.45) is 5.34. The van der Waals surface area contributed by atoms with Crippen LogP contribution in [0.2, 0.25) is 0 Å². The molecule has 2 aromatic rings. The normalized spacial score (nSPS) is 13.3.